The summed E-state index contributed by atoms with van der Waals surface area (Å²) in [5.41, 5.74) is 2.05. The molecule has 3 aromatic rings. The number of rotatable bonds is 2. The van der Waals surface area contributed by atoms with E-state index in [1.54, 1.807) is 48.5 Å². The lowest BCUT2D eigenvalue weighted by atomic mass is 10.0. The third kappa shape index (κ3) is 2.81. The van der Waals surface area contributed by atoms with Crippen LogP contribution in [0.15, 0.2) is 66.7 Å². The summed E-state index contributed by atoms with van der Waals surface area (Å²) < 4.78 is 14.5. The molecular weight excluding hydrogens is 374 g/mol. The predicted molar refractivity (Wildman–Crippen MR) is 102 cm³/mol. The van der Waals surface area contributed by atoms with E-state index < -0.39 is 12.0 Å². The summed E-state index contributed by atoms with van der Waals surface area (Å²) in [7, 11) is 0. The van der Waals surface area contributed by atoms with Crippen molar-refractivity contribution in [2.24, 2.45) is 0 Å². The Hall–Kier alpha value is -2.56. The maximum Gasteiger partial charge on any atom is 0.262 e. The van der Waals surface area contributed by atoms with Crippen LogP contribution in [-0.2, 0) is 0 Å². The van der Waals surface area contributed by atoms with Gasteiger partial charge in [0.15, 0.2) is 0 Å². The number of para-hydroxylation sites is 2. The van der Waals surface area contributed by atoms with Gasteiger partial charge in [-0.2, -0.15) is 0 Å². The van der Waals surface area contributed by atoms with Gasteiger partial charge in [-0.25, -0.2) is 4.39 Å². The Labute approximate surface area is 160 Å². The Morgan fingerprint density at radius 1 is 0.923 bits per heavy atom. The smallest absolute Gasteiger partial charge is 0.262 e. The normalized spacial score (nSPS) is 16.2. The second kappa shape index (κ2) is 6.63. The number of amides is 1. The van der Waals surface area contributed by atoms with Crippen molar-refractivity contribution in [1.82, 2.24) is 0 Å². The summed E-state index contributed by atoms with van der Waals surface area (Å²) in [6.45, 7) is 0. The maximum atomic E-state index is 14.5. The van der Waals surface area contributed by atoms with E-state index >= 15 is 0 Å². The molecule has 1 N–H and O–H groups in total. The highest BCUT2D eigenvalue weighted by molar-refractivity contribution is 6.42. The van der Waals surface area contributed by atoms with Crippen LogP contribution in [0.25, 0.3) is 0 Å². The lowest BCUT2D eigenvalue weighted by molar-refractivity contribution is 0.0974. The van der Waals surface area contributed by atoms with Crippen LogP contribution in [0.1, 0.15) is 22.1 Å². The van der Waals surface area contributed by atoms with Gasteiger partial charge in [-0.15, -0.1) is 0 Å². The summed E-state index contributed by atoms with van der Waals surface area (Å²) in [6.07, 6.45) is -0.621. The van der Waals surface area contributed by atoms with Crippen molar-refractivity contribution in [3.05, 3.63) is 93.7 Å². The zero-order valence-corrected chi connectivity index (χ0v) is 14.9. The molecular formula is C20H13Cl2FN2O. The number of hydrogen-bond acceptors (Lipinski definition) is 2. The Kier molecular flexibility index (Phi) is 4.31. The van der Waals surface area contributed by atoms with Gasteiger partial charge in [0, 0.05) is 5.69 Å². The molecule has 0 saturated carbocycles. The van der Waals surface area contributed by atoms with E-state index in [-0.39, 0.29) is 11.6 Å². The maximum absolute atomic E-state index is 14.5. The molecule has 1 unspecified atom stereocenters. The Bertz CT molecular complexity index is 1010. The van der Waals surface area contributed by atoms with Gasteiger partial charge < -0.3 is 5.32 Å². The van der Waals surface area contributed by atoms with Crippen LogP contribution in [0.3, 0.4) is 0 Å². The SMILES string of the molecule is O=C1c2ccccc2NC(c2ccc(Cl)c(Cl)c2)N1c1ccccc1F. The standard InChI is InChI=1S/C20H13Cl2FN2O/c21-14-10-9-12(11-15(14)22)19-24-17-7-3-1-5-13(17)20(26)25(19)18-8-4-2-6-16(18)23/h1-11,19,24H. The molecule has 0 saturated heterocycles. The highest BCUT2D eigenvalue weighted by Gasteiger charge is 2.35. The van der Waals surface area contributed by atoms with Crippen LogP contribution in [0.2, 0.25) is 10.0 Å². The van der Waals surface area contributed by atoms with Crippen molar-refractivity contribution in [2.75, 3.05) is 10.2 Å². The largest absolute Gasteiger partial charge is 0.360 e. The number of hydrogen-bond donors (Lipinski definition) is 1. The first-order chi connectivity index (χ1) is 12.6. The lowest BCUT2D eigenvalue weighted by Gasteiger charge is -2.38. The van der Waals surface area contributed by atoms with E-state index in [9.17, 15) is 9.18 Å². The van der Waals surface area contributed by atoms with Crippen molar-refractivity contribution < 1.29 is 9.18 Å². The molecule has 1 heterocycles. The fourth-order valence-corrected chi connectivity index (χ4v) is 3.37. The number of fused-ring (bicyclic) bond motifs is 1. The highest BCUT2D eigenvalue weighted by atomic mass is 35.5. The lowest BCUT2D eigenvalue weighted by Crippen LogP contribution is -2.43. The molecule has 1 amide bonds. The molecule has 3 nitrogen and oxygen atoms in total. The van der Waals surface area contributed by atoms with Gasteiger partial charge in [-0.1, -0.05) is 53.5 Å². The second-order valence-corrected chi connectivity index (χ2v) is 6.71. The predicted octanol–water partition coefficient (Wildman–Crippen LogP) is 5.90. The second-order valence-electron chi connectivity index (χ2n) is 5.89. The molecule has 0 fully saturated rings. The van der Waals surface area contributed by atoms with Crippen LogP contribution >= 0.6 is 23.2 Å². The molecule has 1 atom stereocenters. The van der Waals surface area contributed by atoms with Crippen molar-refractivity contribution in [2.45, 2.75) is 6.17 Å². The Morgan fingerprint density at radius 2 is 1.65 bits per heavy atom. The van der Waals surface area contributed by atoms with Crippen LogP contribution in [0.4, 0.5) is 15.8 Å². The average Bonchev–Trinajstić information content (AvgIpc) is 2.65. The minimum Gasteiger partial charge on any atom is -0.360 e. The number of benzene rings is 3. The van der Waals surface area contributed by atoms with Crippen LogP contribution in [-0.4, -0.2) is 5.91 Å². The van der Waals surface area contributed by atoms with Gasteiger partial charge in [0.25, 0.3) is 5.91 Å². The van der Waals surface area contributed by atoms with Crippen molar-refractivity contribution in [3.8, 4) is 0 Å². The van der Waals surface area contributed by atoms with E-state index in [0.717, 1.165) is 0 Å². The molecule has 0 aliphatic carbocycles. The summed E-state index contributed by atoms with van der Waals surface area (Å²) in [5, 5.41) is 4.08. The minimum atomic E-state index is -0.621. The fraction of sp³-hybridized carbons (Fsp3) is 0.0500. The first-order valence-electron chi connectivity index (χ1n) is 7.95. The van der Waals surface area contributed by atoms with E-state index in [0.29, 0.717) is 26.9 Å². The quantitative estimate of drug-likeness (QED) is 0.594. The van der Waals surface area contributed by atoms with E-state index in [1.807, 2.05) is 12.1 Å². The monoisotopic (exact) mass is 386 g/mol. The van der Waals surface area contributed by atoms with E-state index in [4.69, 9.17) is 23.2 Å². The molecule has 0 bridgehead atoms. The number of anilines is 2. The van der Waals surface area contributed by atoms with Gasteiger partial charge in [0.1, 0.15) is 12.0 Å². The average molecular weight is 387 g/mol. The first-order valence-corrected chi connectivity index (χ1v) is 8.70. The van der Waals surface area contributed by atoms with E-state index in [1.165, 1.54) is 11.0 Å². The number of nitrogens with one attached hydrogen (secondary N) is 1. The summed E-state index contributed by atoms with van der Waals surface area (Å²) >= 11 is 12.2. The Morgan fingerprint density at radius 3 is 2.42 bits per heavy atom. The van der Waals surface area contributed by atoms with Gasteiger partial charge in [0.05, 0.1) is 21.3 Å². The van der Waals surface area contributed by atoms with Crippen molar-refractivity contribution in [3.63, 3.8) is 0 Å². The molecule has 6 heteroatoms. The Balaban J connectivity index is 1.90. The zero-order valence-electron chi connectivity index (χ0n) is 13.4. The molecule has 130 valence electrons. The molecule has 0 radical (unpaired) electrons. The molecule has 26 heavy (non-hydrogen) atoms. The first kappa shape index (κ1) is 16.9. The molecule has 4 rings (SSSR count). The van der Waals surface area contributed by atoms with Crippen LogP contribution in [0, 0.1) is 5.82 Å². The van der Waals surface area contributed by atoms with E-state index in [2.05, 4.69) is 5.32 Å². The summed E-state index contributed by atoms with van der Waals surface area (Å²) in [4.78, 5) is 14.6. The summed E-state index contributed by atoms with van der Waals surface area (Å²) in [6, 6.07) is 18.4. The van der Waals surface area contributed by atoms with Gasteiger partial charge in [-0.05, 0) is 42.0 Å². The zero-order chi connectivity index (χ0) is 18.3. The van der Waals surface area contributed by atoms with Crippen LogP contribution in [0.5, 0.6) is 0 Å². The topological polar surface area (TPSA) is 32.3 Å². The molecule has 1 aliphatic heterocycles. The minimum absolute atomic E-state index is 0.190. The van der Waals surface area contributed by atoms with Crippen molar-refractivity contribution in [1.29, 1.82) is 0 Å². The third-order valence-electron chi connectivity index (χ3n) is 4.30. The number of halogens is 3. The molecule has 0 aromatic heterocycles. The molecule has 1 aliphatic rings. The van der Waals surface area contributed by atoms with Gasteiger partial charge in [0.2, 0.25) is 0 Å². The van der Waals surface area contributed by atoms with Gasteiger partial charge in [-0.3, -0.25) is 9.69 Å². The van der Waals surface area contributed by atoms with Gasteiger partial charge >= 0.3 is 0 Å². The fourth-order valence-electron chi connectivity index (χ4n) is 3.06. The molecule has 0 spiro atoms. The third-order valence-corrected chi connectivity index (χ3v) is 5.04. The number of carbonyl (C=O) groups excluding carboxylic acids is 1. The van der Waals surface area contributed by atoms with Crippen LogP contribution < -0.4 is 10.2 Å². The van der Waals surface area contributed by atoms with Crippen molar-refractivity contribution >= 4 is 40.5 Å². The molecule has 3 aromatic carbocycles. The number of nitrogens with zero attached hydrogens (tertiary/aromatic N) is 1. The highest BCUT2D eigenvalue weighted by Crippen LogP contribution is 2.38. The summed E-state index contributed by atoms with van der Waals surface area (Å²) in [5.74, 6) is -0.771. The number of carbonyl (C=O) groups is 1.